The molecule has 1 aliphatic rings. The predicted molar refractivity (Wildman–Crippen MR) is 60.0 cm³/mol. The summed E-state index contributed by atoms with van der Waals surface area (Å²) in [6.07, 6.45) is -0.701. The van der Waals surface area contributed by atoms with Crippen molar-refractivity contribution in [3.05, 3.63) is 40.7 Å². The quantitative estimate of drug-likeness (QED) is 0.753. The molecule has 1 heterocycles. The zero-order valence-corrected chi connectivity index (χ0v) is 9.76. The number of hydrogen-bond acceptors (Lipinski definition) is 2. The van der Waals surface area contributed by atoms with Gasteiger partial charge < -0.3 is 9.47 Å². The number of benzene rings is 1. The Hall–Kier alpha value is -0.280. The van der Waals surface area contributed by atoms with Gasteiger partial charge in [-0.05, 0) is 26.0 Å². The minimum Gasteiger partial charge on any atom is -0.347 e. The number of ether oxygens (including phenoxy) is 2. The SMILES string of the molecule is [CH2][C@H]1OC(C)O[C@@H]1c1ccc(Cl)cc1Cl. The van der Waals surface area contributed by atoms with E-state index in [9.17, 15) is 0 Å². The van der Waals surface area contributed by atoms with Gasteiger partial charge in [0.1, 0.15) is 6.10 Å². The molecule has 1 radical (unpaired) electrons. The van der Waals surface area contributed by atoms with Gasteiger partial charge in [-0.3, -0.25) is 0 Å². The van der Waals surface area contributed by atoms with Gasteiger partial charge in [-0.25, -0.2) is 0 Å². The first-order valence-electron chi connectivity index (χ1n) is 4.67. The second kappa shape index (κ2) is 4.30. The average molecular weight is 246 g/mol. The molecule has 1 fully saturated rings. The summed E-state index contributed by atoms with van der Waals surface area (Å²) < 4.78 is 11.0. The van der Waals surface area contributed by atoms with E-state index in [1.54, 1.807) is 12.1 Å². The van der Waals surface area contributed by atoms with Crippen molar-refractivity contribution in [3.63, 3.8) is 0 Å². The van der Waals surface area contributed by atoms with Crippen molar-refractivity contribution < 1.29 is 9.47 Å². The lowest BCUT2D eigenvalue weighted by molar-refractivity contribution is -0.0474. The summed E-state index contributed by atoms with van der Waals surface area (Å²) in [6.45, 7) is 5.71. The highest BCUT2D eigenvalue weighted by Crippen LogP contribution is 2.36. The fraction of sp³-hybridized carbons (Fsp3) is 0.364. The second-order valence-corrected chi connectivity index (χ2v) is 4.31. The molecule has 0 aliphatic carbocycles. The lowest BCUT2D eigenvalue weighted by atomic mass is 10.1. The van der Waals surface area contributed by atoms with E-state index in [0.717, 1.165) is 5.56 Å². The molecule has 1 aliphatic heterocycles. The van der Waals surface area contributed by atoms with Crippen LogP contribution in [0.15, 0.2) is 18.2 Å². The van der Waals surface area contributed by atoms with Gasteiger partial charge in [0.25, 0.3) is 0 Å². The summed E-state index contributed by atoms with van der Waals surface area (Å²) in [7, 11) is 0. The van der Waals surface area contributed by atoms with Gasteiger partial charge in [0, 0.05) is 15.6 Å². The van der Waals surface area contributed by atoms with Crippen LogP contribution in [0.1, 0.15) is 18.6 Å². The molecule has 1 unspecified atom stereocenters. The molecule has 1 aromatic rings. The maximum absolute atomic E-state index is 6.07. The maximum atomic E-state index is 6.07. The normalized spacial score (nSPS) is 30.8. The van der Waals surface area contributed by atoms with Crippen LogP contribution in [0.3, 0.4) is 0 Å². The molecule has 0 spiro atoms. The average Bonchev–Trinajstić information content (AvgIpc) is 2.45. The highest BCUT2D eigenvalue weighted by atomic mass is 35.5. The van der Waals surface area contributed by atoms with Crippen molar-refractivity contribution in [1.29, 1.82) is 0 Å². The first-order valence-corrected chi connectivity index (χ1v) is 5.42. The third-order valence-electron chi connectivity index (χ3n) is 2.31. The van der Waals surface area contributed by atoms with Gasteiger partial charge in [-0.15, -0.1) is 0 Å². The van der Waals surface area contributed by atoms with Gasteiger partial charge in [-0.1, -0.05) is 29.3 Å². The van der Waals surface area contributed by atoms with Crippen molar-refractivity contribution in [2.45, 2.75) is 25.4 Å². The number of halogens is 2. The van der Waals surface area contributed by atoms with Crippen LogP contribution in [0, 0.1) is 6.92 Å². The summed E-state index contributed by atoms with van der Waals surface area (Å²) in [5.41, 5.74) is 0.866. The van der Waals surface area contributed by atoms with Crippen molar-refractivity contribution >= 4 is 23.2 Å². The Kier molecular flexibility index (Phi) is 3.21. The third kappa shape index (κ3) is 2.28. The van der Waals surface area contributed by atoms with Gasteiger partial charge in [0.15, 0.2) is 6.29 Å². The Morgan fingerprint density at radius 1 is 1.27 bits per heavy atom. The van der Waals surface area contributed by atoms with Gasteiger partial charge in [-0.2, -0.15) is 0 Å². The van der Waals surface area contributed by atoms with E-state index in [-0.39, 0.29) is 18.5 Å². The molecule has 0 aromatic heterocycles. The second-order valence-electron chi connectivity index (χ2n) is 3.46. The molecule has 1 aromatic carbocycles. The van der Waals surface area contributed by atoms with Crippen molar-refractivity contribution in [1.82, 2.24) is 0 Å². The van der Waals surface area contributed by atoms with Crippen molar-refractivity contribution in [2.75, 3.05) is 0 Å². The van der Waals surface area contributed by atoms with Crippen molar-refractivity contribution in [3.8, 4) is 0 Å². The smallest absolute Gasteiger partial charge is 0.156 e. The van der Waals surface area contributed by atoms with Crippen LogP contribution in [0.4, 0.5) is 0 Å². The van der Waals surface area contributed by atoms with E-state index in [1.807, 2.05) is 13.0 Å². The summed E-state index contributed by atoms with van der Waals surface area (Å²) in [6, 6.07) is 5.31. The molecule has 15 heavy (non-hydrogen) atoms. The van der Waals surface area contributed by atoms with E-state index in [0.29, 0.717) is 10.0 Å². The lowest BCUT2D eigenvalue weighted by Crippen LogP contribution is -2.11. The molecule has 3 atom stereocenters. The number of hydrogen-bond donors (Lipinski definition) is 0. The van der Waals surface area contributed by atoms with Crippen LogP contribution in [0.2, 0.25) is 10.0 Å². The minimum absolute atomic E-state index is 0.218. The standard InChI is InChI=1S/C11H11Cl2O2/c1-6-11(15-7(2)14-6)9-4-3-8(12)5-10(9)13/h3-7,11H,1H2,2H3/t6-,7?,11+/m1/s1. The predicted octanol–water partition coefficient (Wildman–Crippen LogP) is 3.63. The molecule has 2 nitrogen and oxygen atoms in total. The largest absolute Gasteiger partial charge is 0.347 e. The Morgan fingerprint density at radius 3 is 2.53 bits per heavy atom. The van der Waals surface area contributed by atoms with Crippen molar-refractivity contribution in [2.24, 2.45) is 0 Å². The maximum Gasteiger partial charge on any atom is 0.156 e. The first kappa shape index (κ1) is 11.2. The van der Waals surface area contributed by atoms with E-state index < -0.39 is 0 Å². The monoisotopic (exact) mass is 245 g/mol. The molecule has 0 saturated carbocycles. The zero-order valence-electron chi connectivity index (χ0n) is 8.24. The summed E-state index contributed by atoms with van der Waals surface area (Å²) >= 11 is 11.9. The molecule has 4 heteroatoms. The van der Waals surface area contributed by atoms with E-state index in [1.165, 1.54) is 0 Å². The highest BCUT2D eigenvalue weighted by molar-refractivity contribution is 6.35. The summed E-state index contributed by atoms with van der Waals surface area (Å²) in [5.74, 6) is 0. The van der Waals surface area contributed by atoms with Crippen LogP contribution < -0.4 is 0 Å². The lowest BCUT2D eigenvalue weighted by Gasteiger charge is -2.14. The molecule has 0 amide bonds. The fourth-order valence-electron chi connectivity index (χ4n) is 1.65. The third-order valence-corrected chi connectivity index (χ3v) is 2.87. The fourth-order valence-corrected chi connectivity index (χ4v) is 2.17. The molecular formula is C11H11Cl2O2. The Morgan fingerprint density at radius 2 is 2.00 bits per heavy atom. The van der Waals surface area contributed by atoms with Gasteiger partial charge in [0.2, 0.25) is 0 Å². The molecule has 81 valence electrons. The Bertz CT molecular complexity index is 368. The van der Waals surface area contributed by atoms with Gasteiger partial charge in [0.05, 0.1) is 6.10 Å². The topological polar surface area (TPSA) is 18.5 Å². The molecule has 0 bridgehead atoms. The zero-order chi connectivity index (χ0) is 11.0. The summed E-state index contributed by atoms with van der Waals surface area (Å²) in [4.78, 5) is 0. The molecule has 0 N–H and O–H groups in total. The van der Waals surface area contributed by atoms with Crippen LogP contribution in [0.25, 0.3) is 0 Å². The minimum atomic E-state index is -0.246. The van der Waals surface area contributed by atoms with Crippen LogP contribution in [0.5, 0.6) is 0 Å². The molecule has 2 rings (SSSR count). The molecular weight excluding hydrogens is 235 g/mol. The summed E-state index contributed by atoms with van der Waals surface area (Å²) in [5, 5.41) is 1.19. The van der Waals surface area contributed by atoms with Crippen LogP contribution in [-0.2, 0) is 9.47 Å². The molecule has 1 saturated heterocycles. The van der Waals surface area contributed by atoms with Crippen LogP contribution in [-0.4, -0.2) is 12.4 Å². The Labute approximate surface area is 99.1 Å². The highest BCUT2D eigenvalue weighted by Gasteiger charge is 2.32. The van der Waals surface area contributed by atoms with E-state index >= 15 is 0 Å². The first-order chi connectivity index (χ1) is 7.08. The Balaban J connectivity index is 2.29. The number of rotatable bonds is 1. The van der Waals surface area contributed by atoms with Crippen LogP contribution >= 0.6 is 23.2 Å². The van der Waals surface area contributed by atoms with E-state index in [2.05, 4.69) is 6.92 Å². The van der Waals surface area contributed by atoms with E-state index in [4.69, 9.17) is 32.7 Å². The van der Waals surface area contributed by atoms with Gasteiger partial charge >= 0.3 is 0 Å².